The van der Waals surface area contributed by atoms with Crippen molar-refractivity contribution in [1.82, 2.24) is 10.1 Å². The quantitative estimate of drug-likeness (QED) is 0.733. The maximum absolute atomic E-state index is 5.61. The topological polar surface area (TPSA) is 38.9 Å². The lowest BCUT2D eigenvalue weighted by molar-refractivity contribution is 0.425. The van der Waals surface area contributed by atoms with E-state index in [1.165, 1.54) is 5.56 Å². The summed E-state index contributed by atoms with van der Waals surface area (Å²) in [6.45, 7) is 4.04. The Balaban J connectivity index is 2.48. The number of benzene rings is 1. The first-order chi connectivity index (χ1) is 7.20. The standard InChI is InChI=1S/C11H11ClN2O/c1-7-3-4-8(2)9(5-7)11-13-10(6-12)14-15-11/h3-5H,6H2,1-2H3. The molecule has 1 heterocycles. The summed E-state index contributed by atoms with van der Waals surface area (Å²) in [6.07, 6.45) is 0. The molecule has 0 bridgehead atoms. The van der Waals surface area contributed by atoms with Gasteiger partial charge in [0.1, 0.15) is 0 Å². The van der Waals surface area contributed by atoms with E-state index in [1.54, 1.807) is 0 Å². The molecular formula is C11H11ClN2O. The van der Waals surface area contributed by atoms with Crippen molar-refractivity contribution in [2.24, 2.45) is 0 Å². The zero-order valence-electron chi connectivity index (χ0n) is 8.62. The van der Waals surface area contributed by atoms with Crippen LogP contribution in [0.3, 0.4) is 0 Å². The van der Waals surface area contributed by atoms with Crippen LogP contribution in [0.5, 0.6) is 0 Å². The molecular weight excluding hydrogens is 212 g/mol. The summed E-state index contributed by atoms with van der Waals surface area (Å²) in [7, 11) is 0. The van der Waals surface area contributed by atoms with E-state index < -0.39 is 0 Å². The number of hydrogen-bond donors (Lipinski definition) is 0. The normalized spacial score (nSPS) is 10.6. The first-order valence-electron chi connectivity index (χ1n) is 4.67. The van der Waals surface area contributed by atoms with E-state index in [-0.39, 0.29) is 5.88 Å². The second kappa shape index (κ2) is 4.03. The zero-order valence-corrected chi connectivity index (χ0v) is 9.38. The van der Waals surface area contributed by atoms with Gasteiger partial charge in [-0.05, 0) is 25.5 Å². The Morgan fingerprint density at radius 3 is 2.80 bits per heavy atom. The molecule has 0 radical (unpaired) electrons. The van der Waals surface area contributed by atoms with E-state index in [4.69, 9.17) is 16.1 Å². The largest absolute Gasteiger partial charge is 0.334 e. The molecule has 0 aliphatic heterocycles. The molecule has 78 valence electrons. The summed E-state index contributed by atoms with van der Waals surface area (Å²) in [5, 5.41) is 3.76. The van der Waals surface area contributed by atoms with E-state index in [9.17, 15) is 0 Å². The first-order valence-corrected chi connectivity index (χ1v) is 5.20. The van der Waals surface area contributed by atoms with Gasteiger partial charge in [0.05, 0.1) is 5.88 Å². The number of aromatic nitrogens is 2. The third-order valence-corrected chi connectivity index (χ3v) is 2.45. The van der Waals surface area contributed by atoms with E-state index in [1.807, 2.05) is 26.0 Å². The summed E-state index contributed by atoms with van der Waals surface area (Å²) < 4.78 is 5.13. The van der Waals surface area contributed by atoms with Crippen molar-refractivity contribution < 1.29 is 4.52 Å². The summed E-state index contributed by atoms with van der Waals surface area (Å²) >= 11 is 5.61. The molecule has 0 atom stereocenters. The predicted molar refractivity (Wildman–Crippen MR) is 58.8 cm³/mol. The lowest BCUT2D eigenvalue weighted by Gasteiger charge is -2.01. The number of aryl methyl sites for hydroxylation is 2. The molecule has 0 saturated heterocycles. The molecule has 0 saturated carbocycles. The summed E-state index contributed by atoms with van der Waals surface area (Å²) in [6, 6.07) is 6.12. The Hall–Kier alpha value is -1.35. The molecule has 0 spiro atoms. The van der Waals surface area contributed by atoms with E-state index in [2.05, 4.69) is 16.2 Å². The van der Waals surface area contributed by atoms with Gasteiger partial charge in [-0.15, -0.1) is 11.6 Å². The van der Waals surface area contributed by atoms with Gasteiger partial charge in [0.25, 0.3) is 5.89 Å². The van der Waals surface area contributed by atoms with Crippen molar-refractivity contribution in [3.05, 3.63) is 35.2 Å². The molecule has 0 amide bonds. The van der Waals surface area contributed by atoms with Crippen molar-refractivity contribution in [3.8, 4) is 11.5 Å². The fourth-order valence-corrected chi connectivity index (χ4v) is 1.49. The van der Waals surface area contributed by atoms with Crippen LogP contribution in [0.15, 0.2) is 22.7 Å². The Bertz CT molecular complexity index is 479. The van der Waals surface area contributed by atoms with Gasteiger partial charge in [-0.25, -0.2) is 0 Å². The number of alkyl halides is 1. The fourth-order valence-electron chi connectivity index (χ4n) is 1.38. The van der Waals surface area contributed by atoms with Crippen LogP contribution in [0.2, 0.25) is 0 Å². The molecule has 4 heteroatoms. The molecule has 0 fully saturated rings. The maximum atomic E-state index is 5.61. The number of hydrogen-bond acceptors (Lipinski definition) is 3. The van der Waals surface area contributed by atoms with Gasteiger partial charge in [0.15, 0.2) is 5.82 Å². The molecule has 0 unspecified atom stereocenters. The highest BCUT2D eigenvalue weighted by atomic mass is 35.5. The minimum atomic E-state index is 0.272. The third kappa shape index (κ3) is 2.02. The average molecular weight is 223 g/mol. The molecule has 0 aliphatic carbocycles. The van der Waals surface area contributed by atoms with Gasteiger partial charge in [-0.3, -0.25) is 0 Å². The van der Waals surface area contributed by atoms with Crippen LogP contribution < -0.4 is 0 Å². The van der Waals surface area contributed by atoms with E-state index in [0.717, 1.165) is 11.1 Å². The number of nitrogens with zero attached hydrogens (tertiary/aromatic N) is 2. The Morgan fingerprint density at radius 2 is 2.13 bits per heavy atom. The van der Waals surface area contributed by atoms with Crippen LogP contribution in [0.1, 0.15) is 17.0 Å². The van der Waals surface area contributed by atoms with Crippen LogP contribution in [0.4, 0.5) is 0 Å². The summed E-state index contributed by atoms with van der Waals surface area (Å²) in [4.78, 5) is 4.19. The van der Waals surface area contributed by atoms with Crippen molar-refractivity contribution in [2.75, 3.05) is 0 Å². The van der Waals surface area contributed by atoms with Crippen molar-refractivity contribution in [3.63, 3.8) is 0 Å². The van der Waals surface area contributed by atoms with Gasteiger partial charge in [0, 0.05) is 5.56 Å². The lowest BCUT2D eigenvalue weighted by atomic mass is 10.1. The van der Waals surface area contributed by atoms with Crippen molar-refractivity contribution >= 4 is 11.6 Å². The lowest BCUT2D eigenvalue weighted by Crippen LogP contribution is -1.85. The molecule has 0 N–H and O–H groups in total. The highest BCUT2D eigenvalue weighted by Gasteiger charge is 2.10. The predicted octanol–water partition coefficient (Wildman–Crippen LogP) is 3.09. The molecule has 3 nitrogen and oxygen atoms in total. The second-order valence-corrected chi connectivity index (χ2v) is 3.74. The summed E-state index contributed by atoms with van der Waals surface area (Å²) in [5.74, 6) is 1.33. The van der Waals surface area contributed by atoms with Gasteiger partial charge >= 0.3 is 0 Å². The van der Waals surface area contributed by atoms with E-state index in [0.29, 0.717) is 11.7 Å². The number of rotatable bonds is 2. The molecule has 2 rings (SSSR count). The second-order valence-electron chi connectivity index (χ2n) is 3.47. The molecule has 1 aromatic carbocycles. The SMILES string of the molecule is Cc1ccc(C)c(-c2nc(CCl)no2)c1. The van der Waals surface area contributed by atoms with Gasteiger partial charge in [-0.2, -0.15) is 4.98 Å². The van der Waals surface area contributed by atoms with Crippen molar-refractivity contribution in [1.29, 1.82) is 0 Å². The number of halogens is 1. The Morgan fingerprint density at radius 1 is 1.33 bits per heavy atom. The fraction of sp³-hybridized carbons (Fsp3) is 0.273. The van der Waals surface area contributed by atoms with Crippen LogP contribution in [-0.2, 0) is 5.88 Å². The van der Waals surface area contributed by atoms with E-state index >= 15 is 0 Å². The van der Waals surface area contributed by atoms with Crippen molar-refractivity contribution in [2.45, 2.75) is 19.7 Å². The maximum Gasteiger partial charge on any atom is 0.258 e. The zero-order chi connectivity index (χ0) is 10.8. The third-order valence-electron chi connectivity index (χ3n) is 2.21. The summed E-state index contributed by atoms with van der Waals surface area (Å²) in [5.41, 5.74) is 3.26. The molecule has 15 heavy (non-hydrogen) atoms. The van der Waals surface area contributed by atoms with Crippen LogP contribution >= 0.6 is 11.6 Å². The molecule has 0 aliphatic rings. The van der Waals surface area contributed by atoms with Crippen LogP contribution in [-0.4, -0.2) is 10.1 Å². The molecule has 2 aromatic rings. The Labute approximate surface area is 93.1 Å². The highest BCUT2D eigenvalue weighted by molar-refractivity contribution is 6.16. The first kappa shape index (κ1) is 10.2. The van der Waals surface area contributed by atoms with Gasteiger partial charge < -0.3 is 4.52 Å². The van der Waals surface area contributed by atoms with Gasteiger partial charge in [-0.1, -0.05) is 22.9 Å². The Kier molecular flexibility index (Phi) is 2.73. The smallest absolute Gasteiger partial charge is 0.258 e. The molecule has 1 aromatic heterocycles. The van der Waals surface area contributed by atoms with Crippen LogP contribution in [0.25, 0.3) is 11.5 Å². The monoisotopic (exact) mass is 222 g/mol. The minimum Gasteiger partial charge on any atom is -0.334 e. The van der Waals surface area contributed by atoms with Crippen LogP contribution in [0, 0.1) is 13.8 Å². The highest BCUT2D eigenvalue weighted by Crippen LogP contribution is 2.22. The van der Waals surface area contributed by atoms with Gasteiger partial charge in [0.2, 0.25) is 0 Å². The minimum absolute atomic E-state index is 0.272. The average Bonchev–Trinajstić information content (AvgIpc) is 2.70.